The van der Waals surface area contributed by atoms with E-state index in [0.717, 1.165) is 31.1 Å². The summed E-state index contributed by atoms with van der Waals surface area (Å²) in [6.07, 6.45) is 0.854. The minimum absolute atomic E-state index is 0. The van der Waals surface area contributed by atoms with Crippen molar-refractivity contribution in [3.63, 3.8) is 0 Å². The SMILES string of the molecule is CCNC(=NCCCOCC(C)C)NCCS(=O)(=O)N1CCSCC1.I. The number of hydrogen-bond acceptors (Lipinski definition) is 5. The molecule has 0 unspecified atom stereocenters. The van der Waals surface area contributed by atoms with Crippen molar-refractivity contribution in [3.05, 3.63) is 0 Å². The number of rotatable bonds is 11. The Bertz CT molecular complexity index is 484. The first-order valence-electron chi connectivity index (χ1n) is 9.11. The Balaban J connectivity index is 0.00000625. The lowest BCUT2D eigenvalue weighted by atomic mass is 10.2. The summed E-state index contributed by atoms with van der Waals surface area (Å²) in [5, 5.41) is 6.26. The molecule has 0 aromatic carbocycles. The average Bonchev–Trinajstić information content (AvgIpc) is 2.58. The van der Waals surface area contributed by atoms with Crippen molar-refractivity contribution in [2.24, 2.45) is 10.9 Å². The molecule has 1 aliphatic heterocycles. The zero-order valence-corrected chi connectivity index (χ0v) is 20.2. The van der Waals surface area contributed by atoms with Crippen LogP contribution in [0.4, 0.5) is 0 Å². The van der Waals surface area contributed by atoms with Crippen LogP contribution in [0.3, 0.4) is 0 Å². The van der Waals surface area contributed by atoms with Gasteiger partial charge in [-0.2, -0.15) is 11.8 Å². The third-order valence-corrected chi connectivity index (χ3v) is 6.34. The molecule has 0 amide bonds. The number of guanidine groups is 1. The highest BCUT2D eigenvalue weighted by Crippen LogP contribution is 2.12. The maximum absolute atomic E-state index is 12.3. The van der Waals surface area contributed by atoms with Gasteiger partial charge >= 0.3 is 0 Å². The smallest absolute Gasteiger partial charge is 0.215 e. The fourth-order valence-corrected chi connectivity index (χ4v) is 4.76. The summed E-state index contributed by atoms with van der Waals surface area (Å²) >= 11 is 1.81. The zero-order chi connectivity index (χ0) is 18.5. The van der Waals surface area contributed by atoms with Gasteiger partial charge in [-0.3, -0.25) is 4.99 Å². The second-order valence-corrected chi connectivity index (χ2v) is 9.65. The highest BCUT2D eigenvalue weighted by atomic mass is 127. The van der Waals surface area contributed by atoms with Gasteiger partial charge in [0.25, 0.3) is 0 Å². The van der Waals surface area contributed by atoms with Gasteiger partial charge in [0.05, 0.1) is 5.75 Å². The fourth-order valence-electron chi connectivity index (χ4n) is 2.27. The third kappa shape index (κ3) is 11.8. The molecular formula is C16H35IN4O3S2. The normalized spacial score (nSPS) is 16.4. The van der Waals surface area contributed by atoms with Gasteiger partial charge in [0.2, 0.25) is 10.0 Å². The maximum atomic E-state index is 12.3. The molecule has 1 fully saturated rings. The highest BCUT2D eigenvalue weighted by Gasteiger charge is 2.23. The summed E-state index contributed by atoms with van der Waals surface area (Å²) in [4.78, 5) is 4.46. The molecule has 7 nitrogen and oxygen atoms in total. The van der Waals surface area contributed by atoms with Crippen LogP contribution in [0.5, 0.6) is 0 Å². The molecule has 0 saturated carbocycles. The van der Waals surface area contributed by atoms with Crippen LogP contribution in [-0.4, -0.2) is 81.9 Å². The number of halogens is 1. The summed E-state index contributed by atoms with van der Waals surface area (Å²) in [5.41, 5.74) is 0. The Morgan fingerprint density at radius 1 is 1.27 bits per heavy atom. The topological polar surface area (TPSA) is 83.0 Å². The minimum Gasteiger partial charge on any atom is -0.381 e. The van der Waals surface area contributed by atoms with E-state index in [1.165, 1.54) is 0 Å². The van der Waals surface area contributed by atoms with Gasteiger partial charge in [-0.25, -0.2) is 12.7 Å². The Morgan fingerprint density at radius 3 is 2.58 bits per heavy atom. The molecule has 0 aliphatic carbocycles. The van der Waals surface area contributed by atoms with Crippen LogP contribution in [0.25, 0.3) is 0 Å². The standard InChI is InChI=1S/C16H34N4O3S2.HI/c1-4-17-16(18-6-5-10-23-14-15(2)3)19-7-13-25(21,22)20-8-11-24-12-9-20;/h15H,4-14H2,1-3H3,(H2,17,18,19);1H. The van der Waals surface area contributed by atoms with E-state index in [2.05, 4.69) is 29.5 Å². The number of nitrogens with zero attached hydrogens (tertiary/aromatic N) is 2. The summed E-state index contributed by atoms with van der Waals surface area (Å²) < 4.78 is 31.8. The number of thioether (sulfide) groups is 1. The Morgan fingerprint density at radius 2 is 1.96 bits per heavy atom. The molecule has 156 valence electrons. The molecule has 0 spiro atoms. The van der Waals surface area contributed by atoms with Crippen LogP contribution in [-0.2, 0) is 14.8 Å². The van der Waals surface area contributed by atoms with E-state index in [9.17, 15) is 8.42 Å². The third-order valence-electron chi connectivity index (χ3n) is 3.53. The molecule has 10 heteroatoms. The van der Waals surface area contributed by atoms with Crippen LogP contribution >= 0.6 is 35.7 Å². The second kappa shape index (κ2) is 15.2. The van der Waals surface area contributed by atoms with Gasteiger partial charge < -0.3 is 15.4 Å². The van der Waals surface area contributed by atoms with Crippen molar-refractivity contribution >= 4 is 51.7 Å². The van der Waals surface area contributed by atoms with Gasteiger partial charge in [0.15, 0.2) is 5.96 Å². The molecule has 0 atom stereocenters. The monoisotopic (exact) mass is 522 g/mol. The number of aliphatic imine (C=N–C) groups is 1. The van der Waals surface area contributed by atoms with Crippen molar-refractivity contribution in [1.29, 1.82) is 0 Å². The molecule has 1 heterocycles. The lowest BCUT2D eigenvalue weighted by Crippen LogP contribution is -2.44. The van der Waals surface area contributed by atoms with E-state index >= 15 is 0 Å². The molecule has 0 bridgehead atoms. The van der Waals surface area contributed by atoms with Crippen molar-refractivity contribution in [2.75, 3.05) is 63.2 Å². The predicted molar refractivity (Wildman–Crippen MR) is 122 cm³/mol. The molecule has 2 N–H and O–H groups in total. The molecule has 0 aromatic heterocycles. The average molecular weight is 523 g/mol. The van der Waals surface area contributed by atoms with E-state index in [0.29, 0.717) is 44.7 Å². The van der Waals surface area contributed by atoms with Gasteiger partial charge in [-0.1, -0.05) is 13.8 Å². The Hall–Kier alpha value is 0.220. The molecule has 1 rings (SSSR count). The molecular weight excluding hydrogens is 487 g/mol. The van der Waals surface area contributed by atoms with E-state index in [-0.39, 0.29) is 29.7 Å². The maximum Gasteiger partial charge on any atom is 0.215 e. The fraction of sp³-hybridized carbons (Fsp3) is 0.938. The quantitative estimate of drug-likeness (QED) is 0.186. The van der Waals surface area contributed by atoms with Crippen LogP contribution in [0.1, 0.15) is 27.2 Å². The lowest BCUT2D eigenvalue weighted by molar-refractivity contribution is 0.109. The first-order valence-corrected chi connectivity index (χ1v) is 11.9. The van der Waals surface area contributed by atoms with E-state index in [4.69, 9.17) is 4.74 Å². The largest absolute Gasteiger partial charge is 0.381 e. The van der Waals surface area contributed by atoms with Crippen molar-refractivity contribution in [1.82, 2.24) is 14.9 Å². The minimum atomic E-state index is -3.18. The number of nitrogens with one attached hydrogen (secondary N) is 2. The predicted octanol–water partition coefficient (Wildman–Crippen LogP) is 1.60. The van der Waals surface area contributed by atoms with Crippen LogP contribution < -0.4 is 10.6 Å². The molecule has 26 heavy (non-hydrogen) atoms. The molecule has 1 saturated heterocycles. The summed E-state index contributed by atoms with van der Waals surface area (Å²) in [6.45, 7) is 10.7. The molecule has 0 radical (unpaired) electrons. The van der Waals surface area contributed by atoms with Crippen molar-refractivity contribution in [2.45, 2.75) is 27.2 Å². The highest BCUT2D eigenvalue weighted by molar-refractivity contribution is 14.0. The van der Waals surface area contributed by atoms with Gasteiger partial charge in [0, 0.05) is 57.4 Å². The van der Waals surface area contributed by atoms with E-state index in [1.54, 1.807) is 16.1 Å². The summed E-state index contributed by atoms with van der Waals surface area (Å²) in [6, 6.07) is 0. The first-order chi connectivity index (χ1) is 12.0. The van der Waals surface area contributed by atoms with Crippen molar-refractivity contribution < 1.29 is 13.2 Å². The Kier molecular flexibility index (Phi) is 15.3. The van der Waals surface area contributed by atoms with Gasteiger partial charge in [0.1, 0.15) is 0 Å². The van der Waals surface area contributed by atoms with Gasteiger partial charge in [-0.15, -0.1) is 24.0 Å². The first kappa shape index (κ1) is 26.2. The molecule has 1 aliphatic rings. The van der Waals surface area contributed by atoms with Crippen LogP contribution in [0, 0.1) is 5.92 Å². The number of hydrogen-bond donors (Lipinski definition) is 2. The van der Waals surface area contributed by atoms with E-state index in [1.807, 2.05) is 6.92 Å². The van der Waals surface area contributed by atoms with Crippen molar-refractivity contribution in [3.8, 4) is 0 Å². The Labute approximate surface area is 180 Å². The second-order valence-electron chi connectivity index (χ2n) is 6.34. The molecule has 0 aromatic rings. The number of ether oxygens (including phenoxy) is 1. The lowest BCUT2D eigenvalue weighted by Gasteiger charge is -2.25. The van der Waals surface area contributed by atoms with Gasteiger partial charge in [-0.05, 0) is 19.3 Å². The van der Waals surface area contributed by atoms with Crippen LogP contribution in [0.2, 0.25) is 0 Å². The summed E-state index contributed by atoms with van der Waals surface area (Å²) in [5.74, 6) is 3.07. The zero-order valence-electron chi connectivity index (χ0n) is 16.2. The van der Waals surface area contributed by atoms with E-state index < -0.39 is 10.0 Å². The number of sulfonamides is 1. The van der Waals surface area contributed by atoms with Crippen LogP contribution in [0.15, 0.2) is 4.99 Å². The summed E-state index contributed by atoms with van der Waals surface area (Å²) in [7, 11) is -3.18.